The zero-order valence-corrected chi connectivity index (χ0v) is 11.9. The summed E-state index contributed by atoms with van der Waals surface area (Å²) in [6.07, 6.45) is 5.49. The van der Waals surface area contributed by atoms with E-state index in [0.717, 1.165) is 19.1 Å². The fraction of sp³-hybridized carbons (Fsp3) is 1.00. The lowest BCUT2D eigenvalue weighted by Crippen LogP contribution is -2.35. The van der Waals surface area contributed by atoms with Gasteiger partial charge < -0.3 is 10.1 Å². The van der Waals surface area contributed by atoms with Crippen molar-refractivity contribution in [3.05, 3.63) is 0 Å². The highest BCUT2D eigenvalue weighted by molar-refractivity contribution is 4.70. The lowest BCUT2D eigenvalue weighted by Gasteiger charge is -2.28. The van der Waals surface area contributed by atoms with Gasteiger partial charge in [-0.2, -0.15) is 0 Å². The molecule has 3 heteroatoms. The van der Waals surface area contributed by atoms with E-state index in [1.165, 1.54) is 45.3 Å². The number of nitrogens with one attached hydrogen (secondary N) is 1. The summed E-state index contributed by atoms with van der Waals surface area (Å²) in [6.45, 7) is 10.1. The van der Waals surface area contributed by atoms with Gasteiger partial charge in [-0.15, -0.1) is 0 Å². The van der Waals surface area contributed by atoms with Gasteiger partial charge >= 0.3 is 0 Å². The zero-order valence-electron chi connectivity index (χ0n) is 11.9. The van der Waals surface area contributed by atoms with Crippen molar-refractivity contribution >= 4 is 0 Å². The van der Waals surface area contributed by atoms with E-state index in [1.54, 1.807) is 7.11 Å². The monoisotopic (exact) mass is 242 g/mol. The average Bonchev–Trinajstić information content (AvgIpc) is 2.34. The smallest absolute Gasteiger partial charge is 0.0589 e. The highest BCUT2D eigenvalue weighted by Gasteiger charge is 2.14. The Hall–Kier alpha value is -0.120. The molecule has 0 aromatic rings. The molecule has 0 aliphatic carbocycles. The van der Waals surface area contributed by atoms with E-state index in [0.29, 0.717) is 6.04 Å². The first kappa shape index (κ1) is 14.9. The number of hydrogen-bond donors (Lipinski definition) is 1. The van der Waals surface area contributed by atoms with E-state index in [9.17, 15) is 0 Å². The molecule has 0 saturated carbocycles. The van der Waals surface area contributed by atoms with Crippen LogP contribution >= 0.6 is 0 Å². The fourth-order valence-corrected chi connectivity index (χ4v) is 2.59. The summed E-state index contributed by atoms with van der Waals surface area (Å²) in [5, 5.41) is 3.50. The maximum atomic E-state index is 5.17. The Kier molecular flexibility index (Phi) is 7.82. The first-order valence-corrected chi connectivity index (χ1v) is 7.17. The number of nitrogens with zero attached hydrogens (tertiary/aromatic N) is 1. The van der Waals surface area contributed by atoms with Crippen LogP contribution in [0, 0.1) is 5.92 Å². The summed E-state index contributed by atoms with van der Waals surface area (Å²) >= 11 is 0. The topological polar surface area (TPSA) is 24.5 Å². The largest absolute Gasteiger partial charge is 0.383 e. The second-order valence-corrected chi connectivity index (χ2v) is 5.48. The molecule has 1 saturated heterocycles. The first-order chi connectivity index (χ1) is 8.24. The van der Waals surface area contributed by atoms with Crippen molar-refractivity contribution in [2.24, 2.45) is 5.92 Å². The molecule has 1 unspecified atom stereocenters. The molecule has 0 radical (unpaired) electrons. The van der Waals surface area contributed by atoms with Gasteiger partial charge in [0, 0.05) is 19.7 Å². The summed E-state index contributed by atoms with van der Waals surface area (Å²) in [4.78, 5) is 2.53. The van der Waals surface area contributed by atoms with Crippen LogP contribution in [0.5, 0.6) is 0 Å². The Balaban J connectivity index is 2.12. The van der Waals surface area contributed by atoms with Crippen LogP contribution in [0.15, 0.2) is 0 Å². The molecule has 1 heterocycles. The Morgan fingerprint density at radius 1 is 1.35 bits per heavy atom. The lowest BCUT2D eigenvalue weighted by molar-refractivity contribution is 0.126. The molecule has 1 atom stereocenters. The highest BCUT2D eigenvalue weighted by atomic mass is 16.5. The molecule has 17 heavy (non-hydrogen) atoms. The number of methoxy groups -OCH3 is 1. The van der Waals surface area contributed by atoms with Crippen LogP contribution in [0.1, 0.15) is 39.5 Å². The zero-order chi connectivity index (χ0) is 12.5. The summed E-state index contributed by atoms with van der Waals surface area (Å²) in [7, 11) is 1.78. The van der Waals surface area contributed by atoms with Crippen molar-refractivity contribution in [2.75, 3.05) is 39.9 Å². The van der Waals surface area contributed by atoms with Crippen LogP contribution in [0.3, 0.4) is 0 Å². The van der Waals surface area contributed by atoms with Gasteiger partial charge in [0.05, 0.1) is 6.61 Å². The first-order valence-electron chi connectivity index (χ1n) is 7.17. The lowest BCUT2D eigenvalue weighted by atomic mass is 9.94. The molecule has 1 aliphatic heterocycles. The van der Waals surface area contributed by atoms with Gasteiger partial charge in [0.15, 0.2) is 0 Å². The minimum Gasteiger partial charge on any atom is -0.383 e. The summed E-state index contributed by atoms with van der Waals surface area (Å²) in [6, 6.07) is 0.634. The molecule has 1 rings (SSSR count). The number of rotatable bonds is 8. The minimum atomic E-state index is 0.634. The van der Waals surface area contributed by atoms with E-state index in [1.807, 2.05) is 0 Å². The quantitative estimate of drug-likeness (QED) is 0.705. The van der Waals surface area contributed by atoms with Gasteiger partial charge in [-0.25, -0.2) is 0 Å². The van der Waals surface area contributed by atoms with Crippen molar-refractivity contribution in [1.29, 1.82) is 0 Å². The minimum absolute atomic E-state index is 0.634. The third kappa shape index (κ3) is 6.39. The third-order valence-electron chi connectivity index (χ3n) is 3.77. The summed E-state index contributed by atoms with van der Waals surface area (Å²) in [5.74, 6) is 0.917. The number of ether oxygens (including phenoxy) is 1. The maximum Gasteiger partial charge on any atom is 0.0589 e. The van der Waals surface area contributed by atoms with Crippen LogP contribution in [-0.4, -0.2) is 50.8 Å². The van der Waals surface area contributed by atoms with Gasteiger partial charge in [-0.3, -0.25) is 4.90 Å². The molecule has 0 aromatic heterocycles. The molecule has 3 nitrogen and oxygen atoms in total. The Morgan fingerprint density at radius 2 is 2.18 bits per heavy atom. The SMILES string of the molecule is COCCN(CCCC1CCCNC1)C(C)C. The highest BCUT2D eigenvalue weighted by Crippen LogP contribution is 2.16. The van der Waals surface area contributed by atoms with Crippen molar-refractivity contribution in [3.63, 3.8) is 0 Å². The van der Waals surface area contributed by atoms with Crippen LogP contribution in [-0.2, 0) is 4.74 Å². The predicted octanol–water partition coefficient (Wildman–Crippen LogP) is 2.12. The number of hydrogen-bond acceptors (Lipinski definition) is 3. The molecular formula is C14H30N2O. The second kappa shape index (κ2) is 8.90. The molecule has 1 aliphatic rings. The third-order valence-corrected chi connectivity index (χ3v) is 3.77. The molecule has 1 fully saturated rings. The standard InChI is InChI=1S/C14H30N2O/c1-13(2)16(10-11-17-3)9-5-7-14-6-4-8-15-12-14/h13-15H,4-12H2,1-3H3. The van der Waals surface area contributed by atoms with Gasteiger partial charge in [0.1, 0.15) is 0 Å². The second-order valence-electron chi connectivity index (χ2n) is 5.48. The number of piperidine rings is 1. The summed E-state index contributed by atoms with van der Waals surface area (Å²) in [5.41, 5.74) is 0. The van der Waals surface area contributed by atoms with Crippen molar-refractivity contribution in [3.8, 4) is 0 Å². The van der Waals surface area contributed by atoms with Crippen molar-refractivity contribution in [2.45, 2.75) is 45.6 Å². The van der Waals surface area contributed by atoms with E-state index < -0.39 is 0 Å². The van der Waals surface area contributed by atoms with Gasteiger partial charge in [0.25, 0.3) is 0 Å². The normalized spacial score (nSPS) is 21.4. The molecule has 0 aromatic carbocycles. The molecule has 0 amide bonds. The van der Waals surface area contributed by atoms with E-state index in [4.69, 9.17) is 4.74 Å². The van der Waals surface area contributed by atoms with Crippen molar-refractivity contribution < 1.29 is 4.74 Å². The summed E-state index contributed by atoms with van der Waals surface area (Å²) < 4.78 is 5.17. The van der Waals surface area contributed by atoms with Crippen LogP contribution in [0.4, 0.5) is 0 Å². The van der Waals surface area contributed by atoms with Crippen molar-refractivity contribution in [1.82, 2.24) is 10.2 Å². The molecular weight excluding hydrogens is 212 g/mol. The van der Waals surface area contributed by atoms with Crippen LogP contribution in [0.25, 0.3) is 0 Å². The van der Waals surface area contributed by atoms with Crippen LogP contribution < -0.4 is 5.32 Å². The predicted molar refractivity (Wildman–Crippen MR) is 73.4 cm³/mol. The molecule has 1 N–H and O–H groups in total. The van der Waals surface area contributed by atoms with Gasteiger partial charge in [-0.05, 0) is 65.1 Å². The average molecular weight is 242 g/mol. The molecule has 0 bridgehead atoms. The maximum absolute atomic E-state index is 5.17. The van der Waals surface area contributed by atoms with Gasteiger partial charge in [-0.1, -0.05) is 0 Å². The molecule has 0 spiro atoms. The Morgan fingerprint density at radius 3 is 2.76 bits per heavy atom. The fourth-order valence-electron chi connectivity index (χ4n) is 2.59. The van der Waals surface area contributed by atoms with Crippen LogP contribution in [0.2, 0.25) is 0 Å². The van der Waals surface area contributed by atoms with E-state index in [2.05, 4.69) is 24.1 Å². The van der Waals surface area contributed by atoms with E-state index in [-0.39, 0.29) is 0 Å². The molecule has 102 valence electrons. The van der Waals surface area contributed by atoms with Gasteiger partial charge in [0.2, 0.25) is 0 Å². The van der Waals surface area contributed by atoms with E-state index >= 15 is 0 Å². The Labute approximate surface area is 107 Å². The Bertz CT molecular complexity index is 179.